The van der Waals surface area contributed by atoms with E-state index in [-0.39, 0.29) is 12.5 Å². The fourth-order valence-corrected chi connectivity index (χ4v) is 5.18. The van der Waals surface area contributed by atoms with Gasteiger partial charge in [-0.1, -0.05) is 81.1 Å². The number of amides is 2. The maximum Gasteiger partial charge on any atom is 0.407 e. The lowest BCUT2D eigenvalue weighted by atomic mass is 9.89. The quantitative estimate of drug-likeness (QED) is 0.520. The van der Waals surface area contributed by atoms with Crippen molar-refractivity contribution in [2.75, 3.05) is 6.61 Å². The minimum absolute atomic E-state index is 0.0756. The van der Waals surface area contributed by atoms with Gasteiger partial charge in [0.15, 0.2) is 0 Å². The van der Waals surface area contributed by atoms with E-state index in [9.17, 15) is 19.5 Å². The Morgan fingerprint density at radius 2 is 1.53 bits per heavy atom. The first-order valence-electron chi connectivity index (χ1n) is 12.1. The third-order valence-corrected chi connectivity index (χ3v) is 7.09. The van der Waals surface area contributed by atoms with Gasteiger partial charge in [0, 0.05) is 5.92 Å². The second-order valence-corrected chi connectivity index (χ2v) is 9.22. The molecule has 1 unspecified atom stereocenters. The number of carbonyl (C=O) groups is 3. The lowest BCUT2D eigenvalue weighted by molar-refractivity contribution is -0.148. The number of carbonyl (C=O) groups excluding carboxylic acids is 2. The van der Waals surface area contributed by atoms with Gasteiger partial charge < -0.3 is 20.5 Å². The summed E-state index contributed by atoms with van der Waals surface area (Å²) >= 11 is 0. The summed E-state index contributed by atoms with van der Waals surface area (Å²) in [4.78, 5) is 37.6. The number of fused-ring (bicyclic) bond motifs is 3. The van der Waals surface area contributed by atoms with E-state index in [4.69, 9.17) is 4.74 Å². The number of hydrogen-bond donors (Lipinski definition) is 3. The maximum atomic E-state index is 12.9. The zero-order valence-electron chi connectivity index (χ0n) is 19.5. The number of benzene rings is 2. The molecule has 4 rings (SSSR count). The summed E-state index contributed by atoms with van der Waals surface area (Å²) in [6, 6.07) is 15.3. The molecule has 2 aromatic carbocycles. The van der Waals surface area contributed by atoms with Gasteiger partial charge in [0.25, 0.3) is 0 Å². The monoisotopic (exact) mass is 464 g/mol. The molecule has 0 spiro atoms. The minimum Gasteiger partial charge on any atom is -0.480 e. The van der Waals surface area contributed by atoms with Gasteiger partial charge in [0.2, 0.25) is 5.91 Å². The number of alkyl carbamates (subject to hydrolysis) is 1. The third kappa shape index (κ3) is 4.79. The lowest BCUT2D eigenvalue weighted by Crippen LogP contribution is -2.59. The normalized spacial score (nSPS) is 17.6. The smallest absolute Gasteiger partial charge is 0.407 e. The van der Waals surface area contributed by atoms with Crippen LogP contribution in [0.2, 0.25) is 0 Å². The number of carboxylic acids is 1. The van der Waals surface area contributed by atoms with Crippen LogP contribution in [-0.4, -0.2) is 41.3 Å². The molecular weight excluding hydrogens is 432 g/mol. The minimum atomic E-state index is -1.27. The number of ether oxygens (including phenoxy) is 1. The molecule has 1 atom stereocenters. The predicted octanol–water partition coefficient (Wildman–Crippen LogP) is 4.60. The Bertz CT molecular complexity index is 1010. The molecule has 0 aliphatic heterocycles. The van der Waals surface area contributed by atoms with Crippen molar-refractivity contribution >= 4 is 18.0 Å². The molecule has 0 heterocycles. The number of rotatable bonds is 7. The highest BCUT2D eigenvalue weighted by atomic mass is 16.5. The van der Waals surface area contributed by atoms with E-state index < -0.39 is 29.6 Å². The Hall–Kier alpha value is -3.35. The van der Waals surface area contributed by atoms with Crippen LogP contribution < -0.4 is 10.6 Å². The van der Waals surface area contributed by atoms with Crippen LogP contribution in [0.5, 0.6) is 0 Å². The molecule has 2 aliphatic rings. The van der Waals surface area contributed by atoms with Crippen LogP contribution in [0.3, 0.4) is 0 Å². The van der Waals surface area contributed by atoms with Crippen LogP contribution in [0, 0.1) is 0 Å². The van der Waals surface area contributed by atoms with Crippen LogP contribution in [0.4, 0.5) is 4.79 Å². The van der Waals surface area contributed by atoms with Crippen LogP contribution in [0.1, 0.15) is 68.9 Å². The molecule has 34 heavy (non-hydrogen) atoms. The largest absolute Gasteiger partial charge is 0.480 e. The Morgan fingerprint density at radius 3 is 2.06 bits per heavy atom. The van der Waals surface area contributed by atoms with Crippen molar-refractivity contribution in [2.24, 2.45) is 0 Å². The summed E-state index contributed by atoms with van der Waals surface area (Å²) in [6.45, 7) is 1.92. The molecule has 0 bridgehead atoms. The summed E-state index contributed by atoms with van der Waals surface area (Å²) < 4.78 is 5.56. The SMILES string of the molecule is CCC(NC(=O)OCC1c2ccccc2-c2ccccc21)C(=O)NC1(C(=O)O)CCCCCC1. The Morgan fingerprint density at radius 1 is 0.971 bits per heavy atom. The molecule has 0 radical (unpaired) electrons. The summed E-state index contributed by atoms with van der Waals surface area (Å²) in [5, 5.41) is 15.2. The highest BCUT2D eigenvalue weighted by Crippen LogP contribution is 2.44. The maximum absolute atomic E-state index is 12.9. The van der Waals surface area contributed by atoms with Crippen molar-refractivity contribution in [3.05, 3.63) is 59.7 Å². The van der Waals surface area contributed by atoms with E-state index in [1.165, 1.54) is 0 Å². The van der Waals surface area contributed by atoms with Crippen molar-refractivity contribution in [2.45, 2.75) is 69.4 Å². The zero-order valence-corrected chi connectivity index (χ0v) is 19.5. The van der Waals surface area contributed by atoms with Gasteiger partial charge in [-0.3, -0.25) is 4.79 Å². The van der Waals surface area contributed by atoms with Gasteiger partial charge in [0.05, 0.1) is 0 Å². The average Bonchev–Trinajstić information content (AvgIpc) is 2.97. The third-order valence-electron chi connectivity index (χ3n) is 7.09. The molecular formula is C27H32N2O5. The summed E-state index contributed by atoms with van der Waals surface area (Å²) in [7, 11) is 0. The van der Waals surface area contributed by atoms with Gasteiger partial charge in [-0.15, -0.1) is 0 Å². The molecule has 1 saturated carbocycles. The van der Waals surface area contributed by atoms with Gasteiger partial charge >= 0.3 is 12.1 Å². The van der Waals surface area contributed by atoms with Crippen molar-refractivity contribution in [3.8, 4) is 11.1 Å². The second kappa shape index (κ2) is 10.3. The average molecular weight is 465 g/mol. The first-order valence-corrected chi connectivity index (χ1v) is 12.1. The molecule has 1 fully saturated rings. The Balaban J connectivity index is 1.39. The number of nitrogens with one attached hydrogen (secondary N) is 2. The molecule has 2 aromatic rings. The molecule has 7 nitrogen and oxygen atoms in total. The molecule has 0 aromatic heterocycles. The fraction of sp³-hybridized carbons (Fsp3) is 0.444. The topological polar surface area (TPSA) is 105 Å². The first-order chi connectivity index (χ1) is 16.4. The standard InChI is InChI=1S/C27H32N2O5/c1-2-23(24(30)29-27(25(31)32)15-9-3-4-10-16-27)28-26(33)34-17-22-20-13-7-5-11-18(20)19-12-6-8-14-21(19)22/h5-8,11-14,22-23H,2-4,9-10,15-17H2,1H3,(H,28,33)(H,29,30)(H,31,32). The van der Waals surface area contributed by atoms with Gasteiger partial charge in [-0.2, -0.15) is 0 Å². The lowest BCUT2D eigenvalue weighted by Gasteiger charge is -2.31. The van der Waals surface area contributed by atoms with Crippen molar-refractivity contribution < 1.29 is 24.2 Å². The molecule has 3 N–H and O–H groups in total. The van der Waals surface area contributed by atoms with Crippen molar-refractivity contribution in [1.29, 1.82) is 0 Å². The van der Waals surface area contributed by atoms with Crippen LogP contribution in [-0.2, 0) is 14.3 Å². The Kier molecular flexibility index (Phi) is 7.20. The summed E-state index contributed by atoms with van der Waals surface area (Å²) in [6.07, 6.45) is 3.86. The molecule has 180 valence electrons. The van der Waals surface area contributed by atoms with E-state index in [0.29, 0.717) is 19.3 Å². The number of hydrogen-bond acceptors (Lipinski definition) is 4. The highest BCUT2D eigenvalue weighted by molar-refractivity contribution is 5.91. The van der Waals surface area contributed by atoms with Crippen molar-refractivity contribution in [1.82, 2.24) is 10.6 Å². The summed E-state index contributed by atoms with van der Waals surface area (Å²) in [5.74, 6) is -1.58. The van der Waals surface area contributed by atoms with E-state index in [0.717, 1.165) is 47.9 Å². The molecule has 2 amide bonds. The highest BCUT2D eigenvalue weighted by Gasteiger charge is 2.41. The van der Waals surface area contributed by atoms with Gasteiger partial charge in [-0.25, -0.2) is 9.59 Å². The predicted molar refractivity (Wildman–Crippen MR) is 128 cm³/mol. The van der Waals surface area contributed by atoms with E-state index in [1.54, 1.807) is 6.92 Å². The van der Waals surface area contributed by atoms with E-state index in [2.05, 4.69) is 22.8 Å². The fourth-order valence-electron chi connectivity index (χ4n) is 5.18. The molecule has 0 saturated heterocycles. The number of aliphatic carboxylic acids is 1. The van der Waals surface area contributed by atoms with E-state index in [1.807, 2.05) is 36.4 Å². The summed E-state index contributed by atoms with van der Waals surface area (Å²) in [5.41, 5.74) is 3.22. The van der Waals surface area contributed by atoms with Crippen LogP contribution >= 0.6 is 0 Å². The van der Waals surface area contributed by atoms with Crippen molar-refractivity contribution in [3.63, 3.8) is 0 Å². The number of carboxylic acid groups (broad SMARTS) is 1. The van der Waals surface area contributed by atoms with Crippen LogP contribution in [0.15, 0.2) is 48.5 Å². The first kappa shape index (κ1) is 23.8. The van der Waals surface area contributed by atoms with Crippen LogP contribution in [0.25, 0.3) is 11.1 Å². The Labute approximate surface area is 199 Å². The van der Waals surface area contributed by atoms with E-state index >= 15 is 0 Å². The zero-order chi connectivity index (χ0) is 24.1. The molecule has 2 aliphatic carbocycles. The second-order valence-electron chi connectivity index (χ2n) is 9.22. The van der Waals surface area contributed by atoms with Gasteiger partial charge in [0.1, 0.15) is 18.2 Å². The van der Waals surface area contributed by atoms with Gasteiger partial charge in [-0.05, 0) is 41.5 Å². The molecule has 7 heteroatoms.